The third kappa shape index (κ3) is 3.93. The van der Waals surface area contributed by atoms with E-state index in [1.54, 1.807) is 14.0 Å². The number of hydrogen-bond donors (Lipinski definition) is 0. The van der Waals surface area contributed by atoms with Crippen molar-refractivity contribution in [1.29, 1.82) is 0 Å². The van der Waals surface area contributed by atoms with Gasteiger partial charge in [-0.2, -0.15) is 0 Å². The molecule has 2 aromatic rings. The maximum atomic E-state index is 12.7. The van der Waals surface area contributed by atoms with Crippen molar-refractivity contribution in [2.24, 2.45) is 0 Å². The minimum Gasteiger partial charge on any atom is -0.496 e. The van der Waals surface area contributed by atoms with Crippen LogP contribution in [0.3, 0.4) is 0 Å². The van der Waals surface area contributed by atoms with Gasteiger partial charge in [0.15, 0.2) is 0 Å². The molecule has 0 amide bonds. The smallest absolute Gasteiger partial charge is 0.342 e. The van der Waals surface area contributed by atoms with E-state index in [1.165, 1.54) is 0 Å². The van der Waals surface area contributed by atoms with Crippen LogP contribution in [0, 0.1) is 0 Å². The van der Waals surface area contributed by atoms with E-state index in [0.29, 0.717) is 22.8 Å². The highest BCUT2D eigenvalue weighted by Crippen LogP contribution is 2.46. The van der Waals surface area contributed by atoms with Crippen LogP contribution in [-0.2, 0) is 21.3 Å². The molecule has 1 aliphatic rings. The quantitative estimate of drug-likeness (QED) is 0.701. The highest BCUT2D eigenvalue weighted by Gasteiger charge is 2.31. The van der Waals surface area contributed by atoms with Crippen molar-refractivity contribution in [3.05, 3.63) is 59.2 Å². The Morgan fingerprint density at radius 2 is 1.88 bits per heavy atom. The second kappa shape index (κ2) is 7.83. The summed E-state index contributed by atoms with van der Waals surface area (Å²) in [5.74, 6) is 0.849. The Morgan fingerprint density at radius 3 is 2.48 bits per heavy atom. The lowest BCUT2D eigenvalue weighted by atomic mass is 10.00. The van der Waals surface area contributed by atoms with E-state index in [9.17, 15) is 9.00 Å². The van der Waals surface area contributed by atoms with Crippen molar-refractivity contribution in [2.75, 3.05) is 13.7 Å². The molecule has 0 aromatic heterocycles. The van der Waals surface area contributed by atoms with Crippen LogP contribution in [0.2, 0.25) is 0 Å². The predicted molar refractivity (Wildman–Crippen MR) is 97.5 cm³/mol. The highest BCUT2D eigenvalue weighted by molar-refractivity contribution is 7.84. The minimum atomic E-state index is -1.24. The molecule has 3 rings (SSSR count). The SMILES string of the molecule is CCOC(=O)c1c(CS(=O)c2ccccc2)ccc(C2CC2)c1OC. The Hall–Kier alpha value is -2.14. The first kappa shape index (κ1) is 17.7. The number of hydrogen-bond acceptors (Lipinski definition) is 4. The minimum absolute atomic E-state index is 0.249. The summed E-state index contributed by atoms with van der Waals surface area (Å²) in [6, 6.07) is 13.1. The number of esters is 1. The molecule has 0 heterocycles. The molecule has 0 saturated heterocycles. The summed E-state index contributed by atoms with van der Waals surface area (Å²) in [4.78, 5) is 13.3. The number of rotatable bonds is 7. The number of benzene rings is 2. The maximum Gasteiger partial charge on any atom is 0.342 e. The first-order valence-corrected chi connectivity index (χ1v) is 9.77. The lowest BCUT2D eigenvalue weighted by molar-refractivity contribution is 0.0521. The van der Waals surface area contributed by atoms with Crippen LogP contribution in [0.5, 0.6) is 5.75 Å². The molecule has 5 heteroatoms. The zero-order valence-corrected chi connectivity index (χ0v) is 15.3. The normalized spacial score (nSPS) is 14.8. The van der Waals surface area contributed by atoms with E-state index in [0.717, 1.165) is 23.3 Å². The molecule has 2 aromatic carbocycles. The molecule has 1 saturated carbocycles. The molecule has 4 nitrogen and oxygen atoms in total. The zero-order chi connectivity index (χ0) is 17.8. The maximum absolute atomic E-state index is 12.7. The van der Waals surface area contributed by atoms with Gasteiger partial charge in [0, 0.05) is 4.90 Å². The van der Waals surface area contributed by atoms with Crippen LogP contribution in [0.1, 0.15) is 47.2 Å². The van der Waals surface area contributed by atoms with E-state index in [2.05, 4.69) is 0 Å². The summed E-state index contributed by atoms with van der Waals surface area (Å²) in [5, 5.41) is 0. The first-order chi connectivity index (χ1) is 12.2. The Morgan fingerprint density at radius 1 is 1.16 bits per heavy atom. The zero-order valence-electron chi connectivity index (χ0n) is 14.5. The summed E-state index contributed by atoms with van der Waals surface area (Å²) in [6.45, 7) is 2.06. The monoisotopic (exact) mass is 358 g/mol. The van der Waals surface area contributed by atoms with Crippen molar-refractivity contribution in [2.45, 2.75) is 36.3 Å². The lowest BCUT2D eigenvalue weighted by Gasteiger charge is -2.16. The van der Waals surface area contributed by atoms with Crippen molar-refractivity contribution in [3.63, 3.8) is 0 Å². The standard InChI is InChI=1S/C20H22O4S/c1-3-24-20(21)18-15(13-25(22)16-7-5-4-6-8-16)11-12-17(14-9-10-14)19(18)23-2/h4-8,11-12,14H,3,9-10,13H2,1-2H3. The molecular formula is C20H22O4S. The van der Waals surface area contributed by atoms with E-state index in [4.69, 9.17) is 9.47 Å². The van der Waals surface area contributed by atoms with E-state index in [1.807, 2.05) is 42.5 Å². The predicted octanol–water partition coefficient (Wildman–Crippen LogP) is 4.06. The third-order valence-electron chi connectivity index (χ3n) is 4.27. The van der Waals surface area contributed by atoms with E-state index >= 15 is 0 Å². The molecule has 1 fully saturated rings. The van der Waals surface area contributed by atoms with Crippen molar-refractivity contribution >= 4 is 16.8 Å². The molecule has 0 N–H and O–H groups in total. The van der Waals surface area contributed by atoms with Gasteiger partial charge in [0.25, 0.3) is 0 Å². The van der Waals surface area contributed by atoms with Gasteiger partial charge < -0.3 is 9.47 Å². The van der Waals surface area contributed by atoms with Crippen LogP contribution in [-0.4, -0.2) is 23.9 Å². The van der Waals surface area contributed by atoms with Crippen LogP contribution in [0.4, 0.5) is 0 Å². The van der Waals surface area contributed by atoms with Gasteiger partial charge in [-0.1, -0.05) is 30.3 Å². The van der Waals surface area contributed by atoms with Gasteiger partial charge in [-0.25, -0.2) is 4.79 Å². The van der Waals surface area contributed by atoms with Crippen LogP contribution in [0.25, 0.3) is 0 Å². The molecule has 0 bridgehead atoms. The van der Waals surface area contributed by atoms with E-state index in [-0.39, 0.29) is 12.4 Å². The van der Waals surface area contributed by atoms with Crippen molar-refractivity contribution < 1.29 is 18.5 Å². The number of carbonyl (C=O) groups excluding carboxylic acids is 1. The molecule has 0 spiro atoms. The molecule has 1 atom stereocenters. The van der Waals surface area contributed by atoms with Crippen LogP contribution < -0.4 is 4.74 Å². The van der Waals surface area contributed by atoms with Gasteiger partial charge in [-0.05, 0) is 48.9 Å². The second-order valence-electron chi connectivity index (χ2n) is 6.02. The Labute approximate surface area is 150 Å². The number of methoxy groups -OCH3 is 1. The van der Waals surface area contributed by atoms with Crippen LogP contribution in [0.15, 0.2) is 47.4 Å². The summed E-state index contributed by atoms with van der Waals surface area (Å²) in [5.41, 5.74) is 2.15. The summed E-state index contributed by atoms with van der Waals surface area (Å²) in [7, 11) is 0.331. The highest BCUT2D eigenvalue weighted by atomic mass is 32.2. The molecule has 1 aliphatic carbocycles. The third-order valence-corrected chi connectivity index (χ3v) is 5.64. The van der Waals surface area contributed by atoms with Crippen LogP contribution >= 0.6 is 0 Å². The second-order valence-corrected chi connectivity index (χ2v) is 7.47. The van der Waals surface area contributed by atoms with E-state index < -0.39 is 16.8 Å². The van der Waals surface area contributed by atoms with Gasteiger partial charge in [-0.15, -0.1) is 0 Å². The van der Waals surface area contributed by atoms with Gasteiger partial charge in [0.05, 0.1) is 30.3 Å². The van der Waals surface area contributed by atoms with Gasteiger partial charge in [-0.3, -0.25) is 4.21 Å². The Balaban J connectivity index is 2.00. The molecule has 25 heavy (non-hydrogen) atoms. The lowest BCUT2D eigenvalue weighted by Crippen LogP contribution is -2.13. The fraction of sp³-hybridized carbons (Fsp3) is 0.350. The topological polar surface area (TPSA) is 52.6 Å². The number of carbonyl (C=O) groups is 1. The van der Waals surface area contributed by atoms with Gasteiger partial charge in [0.1, 0.15) is 11.3 Å². The van der Waals surface area contributed by atoms with Crippen molar-refractivity contribution in [3.8, 4) is 5.75 Å². The fourth-order valence-electron chi connectivity index (χ4n) is 2.92. The fourth-order valence-corrected chi connectivity index (χ4v) is 4.07. The largest absolute Gasteiger partial charge is 0.496 e. The molecule has 0 radical (unpaired) electrons. The van der Waals surface area contributed by atoms with Gasteiger partial charge in [0.2, 0.25) is 0 Å². The van der Waals surface area contributed by atoms with Crippen molar-refractivity contribution in [1.82, 2.24) is 0 Å². The summed E-state index contributed by atoms with van der Waals surface area (Å²) < 4.78 is 23.5. The summed E-state index contributed by atoms with van der Waals surface area (Å²) in [6.07, 6.45) is 2.21. The average molecular weight is 358 g/mol. The average Bonchev–Trinajstić information content (AvgIpc) is 3.47. The number of ether oxygens (including phenoxy) is 2. The van der Waals surface area contributed by atoms with Gasteiger partial charge >= 0.3 is 5.97 Å². The molecular weight excluding hydrogens is 336 g/mol. The Bertz CT molecular complexity index is 782. The Kier molecular flexibility index (Phi) is 5.53. The first-order valence-electron chi connectivity index (χ1n) is 8.46. The molecule has 0 aliphatic heterocycles. The molecule has 1 unspecified atom stereocenters. The molecule has 132 valence electrons. The summed E-state index contributed by atoms with van der Waals surface area (Å²) >= 11 is 0.